The molecule has 0 bridgehead atoms. The van der Waals surface area contributed by atoms with Gasteiger partial charge in [-0.25, -0.2) is 0 Å². The topological polar surface area (TPSA) is 46.5 Å². The van der Waals surface area contributed by atoms with E-state index in [0.29, 0.717) is 5.57 Å². The molecule has 0 atom stereocenters. The van der Waals surface area contributed by atoms with Gasteiger partial charge >= 0.3 is 0 Å². The number of rotatable bonds is 4. The van der Waals surface area contributed by atoms with Crippen molar-refractivity contribution in [2.24, 2.45) is 5.18 Å². The number of hydrogen-bond donors (Lipinski definition) is 0. The van der Waals surface area contributed by atoms with Gasteiger partial charge in [-0.15, -0.1) is 4.91 Å². The van der Waals surface area contributed by atoms with Gasteiger partial charge in [-0.2, -0.15) is 0 Å². The van der Waals surface area contributed by atoms with Crippen LogP contribution < -0.4 is 0 Å². The first-order valence-electron chi connectivity index (χ1n) is 2.98. The number of ketones is 1. The van der Waals surface area contributed by atoms with Crippen molar-refractivity contribution in [2.45, 2.75) is 6.92 Å². The molecular weight excluding hydrogens is 142 g/mol. The fourth-order valence-electron chi connectivity index (χ4n) is 0.345. The highest BCUT2D eigenvalue weighted by Crippen LogP contribution is 1.99. The van der Waals surface area contributed by atoms with Crippen molar-refractivity contribution in [1.82, 2.24) is 0 Å². The predicted molar refractivity (Wildman–Crippen MR) is 43.9 cm³/mol. The quantitative estimate of drug-likeness (QED) is 0.350. The molecule has 11 heavy (non-hydrogen) atoms. The number of hydrogen-bond acceptors (Lipinski definition) is 3. The zero-order valence-electron chi connectivity index (χ0n) is 6.33. The molecule has 3 heteroatoms. The Morgan fingerprint density at radius 3 is 2.27 bits per heavy atom. The van der Waals surface area contributed by atoms with Gasteiger partial charge in [0, 0.05) is 5.57 Å². The minimum Gasteiger partial charge on any atom is -0.295 e. The smallest absolute Gasteiger partial charge is 0.159 e. The Morgan fingerprint density at radius 1 is 1.36 bits per heavy atom. The van der Waals surface area contributed by atoms with Gasteiger partial charge in [-0.1, -0.05) is 13.2 Å². The molecule has 0 radical (unpaired) electrons. The van der Waals surface area contributed by atoms with Gasteiger partial charge in [0.1, 0.15) is 5.70 Å². The third kappa shape index (κ3) is 3.97. The van der Waals surface area contributed by atoms with Crippen molar-refractivity contribution < 1.29 is 4.79 Å². The van der Waals surface area contributed by atoms with Crippen LogP contribution in [0.1, 0.15) is 6.92 Å². The lowest BCUT2D eigenvalue weighted by atomic mass is 10.2. The van der Waals surface area contributed by atoms with Crippen molar-refractivity contribution in [1.29, 1.82) is 0 Å². The zero-order valence-corrected chi connectivity index (χ0v) is 6.33. The highest BCUT2D eigenvalue weighted by molar-refractivity contribution is 5.95. The first-order valence-corrected chi connectivity index (χ1v) is 2.98. The summed E-state index contributed by atoms with van der Waals surface area (Å²) in [7, 11) is 0. The molecule has 0 fully saturated rings. The molecule has 58 valence electrons. The van der Waals surface area contributed by atoms with Crippen molar-refractivity contribution in [2.75, 3.05) is 0 Å². The van der Waals surface area contributed by atoms with Crippen LogP contribution >= 0.6 is 0 Å². The summed E-state index contributed by atoms with van der Waals surface area (Å²) in [5.74, 6) is -0.139. The van der Waals surface area contributed by atoms with E-state index in [-0.39, 0.29) is 11.5 Å². The summed E-state index contributed by atoms with van der Waals surface area (Å²) in [6.07, 6.45) is 2.75. The minimum absolute atomic E-state index is 0.0763. The first kappa shape index (κ1) is 9.49. The van der Waals surface area contributed by atoms with E-state index in [1.165, 1.54) is 19.1 Å². The minimum atomic E-state index is -0.139. The van der Waals surface area contributed by atoms with Gasteiger partial charge in [-0.05, 0) is 24.3 Å². The second-order valence-electron chi connectivity index (χ2n) is 2.00. The van der Waals surface area contributed by atoms with E-state index in [1.54, 1.807) is 0 Å². The van der Waals surface area contributed by atoms with Gasteiger partial charge in [-0.3, -0.25) is 4.79 Å². The average Bonchev–Trinajstić information content (AvgIpc) is 1.99. The summed E-state index contributed by atoms with van der Waals surface area (Å²) < 4.78 is 0. The molecule has 0 aromatic carbocycles. The summed E-state index contributed by atoms with van der Waals surface area (Å²) >= 11 is 0. The summed E-state index contributed by atoms with van der Waals surface area (Å²) in [4.78, 5) is 20.3. The lowest BCUT2D eigenvalue weighted by Crippen LogP contribution is -1.89. The zero-order chi connectivity index (χ0) is 8.85. The number of carbonyl (C=O) groups is 1. The van der Waals surface area contributed by atoms with E-state index >= 15 is 0 Å². The molecular formula is C8H9NO2. The Bertz CT molecular complexity index is 238. The van der Waals surface area contributed by atoms with Crippen molar-refractivity contribution >= 4 is 5.78 Å². The van der Waals surface area contributed by atoms with Crippen LogP contribution in [0.25, 0.3) is 0 Å². The number of Topliss-reactive ketones (excluding diaryl/α,β-unsaturated/α-hetero) is 1. The number of carbonyl (C=O) groups excluding carboxylic acids is 1. The van der Waals surface area contributed by atoms with Crippen LogP contribution in [0.2, 0.25) is 0 Å². The maximum atomic E-state index is 10.6. The molecule has 0 amide bonds. The van der Waals surface area contributed by atoms with E-state index in [2.05, 4.69) is 18.3 Å². The van der Waals surface area contributed by atoms with Crippen LogP contribution in [-0.2, 0) is 4.79 Å². The normalized spacial score (nSPS) is 9.55. The van der Waals surface area contributed by atoms with Crippen LogP contribution in [0.5, 0.6) is 0 Å². The SMILES string of the molecule is C=C(C=CC(=C)C(C)=O)N=O. The fourth-order valence-corrected chi connectivity index (χ4v) is 0.345. The van der Waals surface area contributed by atoms with Crippen LogP contribution in [0, 0.1) is 4.91 Å². The number of allylic oxidation sites excluding steroid dienone is 3. The highest BCUT2D eigenvalue weighted by atomic mass is 16.3. The Labute approximate surface area is 65.1 Å². The molecule has 0 unspecified atom stereocenters. The lowest BCUT2D eigenvalue weighted by Gasteiger charge is -1.88. The second kappa shape index (κ2) is 4.33. The van der Waals surface area contributed by atoms with Crippen LogP contribution in [-0.4, -0.2) is 5.78 Å². The third-order valence-electron chi connectivity index (χ3n) is 1.05. The predicted octanol–water partition coefficient (Wildman–Crippen LogP) is 1.97. The second-order valence-corrected chi connectivity index (χ2v) is 2.00. The number of nitrogens with zero attached hydrogens (tertiary/aromatic N) is 1. The maximum Gasteiger partial charge on any atom is 0.159 e. The molecule has 3 nitrogen and oxygen atoms in total. The van der Waals surface area contributed by atoms with Gasteiger partial charge in [0.05, 0.1) is 0 Å². The fraction of sp³-hybridized carbons (Fsp3) is 0.125. The van der Waals surface area contributed by atoms with Gasteiger partial charge in [0.25, 0.3) is 0 Å². The van der Waals surface area contributed by atoms with Crippen LogP contribution in [0.3, 0.4) is 0 Å². The molecule has 0 spiro atoms. The molecule has 0 rings (SSSR count). The molecule has 0 aromatic rings. The summed E-state index contributed by atoms with van der Waals surface area (Å²) in [5, 5.41) is 2.54. The van der Waals surface area contributed by atoms with E-state index in [9.17, 15) is 9.70 Å². The van der Waals surface area contributed by atoms with E-state index < -0.39 is 0 Å². The molecule has 0 heterocycles. The van der Waals surface area contributed by atoms with Gasteiger partial charge in [0.2, 0.25) is 0 Å². The first-order chi connectivity index (χ1) is 5.07. The average molecular weight is 151 g/mol. The standard InChI is InChI=1S/C8H9NO2/c1-6(8(3)10)4-5-7(2)9-11/h4-5H,1-2H2,3H3. The molecule has 0 saturated heterocycles. The molecule has 0 aromatic heterocycles. The molecule has 0 saturated carbocycles. The summed E-state index contributed by atoms with van der Waals surface area (Å²) in [6.45, 7) is 8.12. The number of nitroso groups, excluding NO2 is 1. The molecule has 0 aliphatic carbocycles. The van der Waals surface area contributed by atoms with Crippen molar-refractivity contribution in [3.63, 3.8) is 0 Å². The molecule has 0 aliphatic rings. The van der Waals surface area contributed by atoms with Crippen LogP contribution in [0.4, 0.5) is 0 Å². The van der Waals surface area contributed by atoms with Crippen molar-refractivity contribution in [3.05, 3.63) is 41.5 Å². The molecule has 0 aliphatic heterocycles. The Balaban J connectivity index is 4.14. The Hall–Kier alpha value is -1.51. The highest BCUT2D eigenvalue weighted by Gasteiger charge is 1.93. The van der Waals surface area contributed by atoms with E-state index in [4.69, 9.17) is 0 Å². The van der Waals surface area contributed by atoms with E-state index in [0.717, 1.165) is 0 Å². The Kier molecular flexibility index (Phi) is 3.73. The maximum absolute atomic E-state index is 10.6. The van der Waals surface area contributed by atoms with Gasteiger partial charge < -0.3 is 0 Å². The largest absolute Gasteiger partial charge is 0.295 e. The molecule has 0 N–H and O–H groups in total. The lowest BCUT2D eigenvalue weighted by molar-refractivity contribution is -0.113. The monoisotopic (exact) mass is 151 g/mol. The summed E-state index contributed by atoms with van der Waals surface area (Å²) in [6, 6.07) is 0. The summed E-state index contributed by atoms with van der Waals surface area (Å²) in [5.41, 5.74) is 0.405. The third-order valence-corrected chi connectivity index (χ3v) is 1.05. The van der Waals surface area contributed by atoms with Gasteiger partial charge in [0.15, 0.2) is 5.78 Å². The Morgan fingerprint density at radius 2 is 1.91 bits per heavy atom. The van der Waals surface area contributed by atoms with Crippen molar-refractivity contribution in [3.8, 4) is 0 Å². The van der Waals surface area contributed by atoms with Crippen LogP contribution in [0.15, 0.2) is 41.8 Å². The van der Waals surface area contributed by atoms with E-state index in [1.807, 2.05) is 0 Å².